The molecule has 3 nitrogen and oxygen atoms in total. The van der Waals surface area contributed by atoms with Gasteiger partial charge in [-0.15, -0.1) is 0 Å². The van der Waals surface area contributed by atoms with E-state index in [1.165, 1.54) is 10.8 Å². The number of pyridine rings is 1. The molecule has 0 fully saturated rings. The zero-order chi connectivity index (χ0) is 20.4. The number of hydrogen-bond acceptors (Lipinski definition) is 3. The van der Waals surface area contributed by atoms with Crippen LogP contribution in [0.2, 0.25) is 0 Å². The first kappa shape index (κ1) is 16.5. The third-order valence-electron chi connectivity index (χ3n) is 6.07. The maximum atomic E-state index is 6.26. The van der Waals surface area contributed by atoms with Gasteiger partial charge in [0.15, 0.2) is 5.58 Å². The Morgan fingerprint density at radius 1 is 0.484 bits per heavy atom. The Bertz CT molecular complexity index is 1670. The number of oxazole rings is 1. The Labute approximate surface area is 177 Å². The van der Waals surface area contributed by atoms with E-state index in [0.29, 0.717) is 5.89 Å². The minimum absolute atomic E-state index is 0.629. The maximum absolute atomic E-state index is 6.26. The van der Waals surface area contributed by atoms with Crippen molar-refractivity contribution in [3.63, 3.8) is 0 Å². The first-order valence-electron chi connectivity index (χ1n) is 10.4. The molecule has 0 aliphatic heterocycles. The highest BCUT2D eigenvalue weighted by molar-refractivity contribution is 6.20. The van der Waals surface area contributed by atoms with E-state index in [4.69, 9.17) is 14.4 Å². The average Bonchev–Trinajstić information content (AvgIpc) is 3.26. The second kappa shape index (κ2) is 6.13. The van der Waals surface area contributed by atoms with Crippen LogP contribution < -0.4 is 0 Å². The number of para-hydroxylation sites is 2. The Kier molecular flexibility index (Phi) is 3.27. The summed E-state index contributed by atoms with van der Waals surface area (Å²) in [6.45, 7) is 0. The summed E-state index contributed by atoms with van der Waals surface area (Å²) in [5, 5.41) is 6.71. The molecule has 2 heterocycles. The summed E-state index contributed by atoms with van der Waals surface area (Å²) < 4.78 is 6.26. The second-order valence-corrected chi connectivity index (χ2v) is 7.84. The van der Waals surface area contributed by atoms with Gasteiger partial charge in [0.05, 0.1) is 16.6 Å². The smallest absolute Gasteiger partial charge is 0.228 e. The number of hydrogen-bond donors (Lipinski definition) is 0. The molecule has 2 aromatic heterocycles. The first-order valence-corrected chi connectivity index (χ1v) is 10.4. The first-order chi connectivity index (χ1) is 15.4. The number of nitrogens with zero attached hydrogens (tertiary/aromatic N) is 2. The summed E-state index contributed by atoms with van der Waals surface area (Å²) in [6.07, 6.45) is 0. The molecule has 0 aliphatic carbocycles. The van der Waals surface area contributed by atoms with Crippen molar-refractivity contribution in [3.05, 3.63) is 97.1 Å². The second-order valence-electron chi connectivity index (χ2n) is 7.84. The van der Waals surface area contributed by atoms with E-state index >= 15 is 0 Å². The molecule has 7 rings (SSSR count). The standard InChI is InChI=1S/C28H16N2O/c1-3-9-19-17(7-1)13-15-21-25(28-29-23-11-5-6-12-24(23)31-28)22-16-14-18-8-2-4-10-20(18)27(22)30-26(19)21/h1-16H. The number of rotatable bonds is 1. The molecule has 0 saturated carbocycles. The third-order valence-corrected chi connectivity index (χ3v) is 6.07. The fourth-order valence-corrected chi connectivity index (χ4v) is 4.62. The molecule has 0 spiro atoms. The molecule has 0 aliphatic rings. The van der Waals surface area contributed by atoms with E-state index in [1.54, 1.807) is 0 Å². The lowest BCUT2D eigenvalue weighted by Gasteiger charge is -2.12. The average molecular weight is 396 g/mol. The summed E-state index contributed by atoms with van der Waals surface area (Å²) in [5.74, 6) is 0.629. The van der Waals surface area contributed by atoms with Crippen LogP contribution in [-0.2, 0) is 0 Å². The lowest BCUT2D eigenvalue weighted by atomic mass is 9.96. The van der Waals surface area contributed by atoms with Crippen LogP contribution in [0.25, 0.3) is 65.9 Å². The van der Waals surface area contributed by atoms with Gasteiger partial charge in [0.25, 0.3) is 0 Å². The highest BCUT2D eigenvalue weighted by Crippen LogP contribution is 2.40. The normalized spacial score (nSPS) is 11.9. The van der Waals surface area contributed by atoms with Crippen LogP contribution in [0.5, 0.6) is 0 Å². The predicted molar refractivity (Wildman–Crippen MR) is 127 cm³/mol. The van der Waals surface area contributed by atoms with E-state index < -0.39 is 0 Å². The van der Waals surface area contributed by atoms with Crippen LogP contribution in [0, 0.1) is 0 Å². The Hall–Kier alpha value is -4.24. The van der Waals surface area contributed by atoms with E-state index in [9.17, 15) is 0 Å². The van der Waals surface area contributed by atoms with Crippen LogP contribution in [0.3, 0.4) is 0 Å². The van der Waals surface area contributed by atoms with E-state index in [0.717, 1.165) is 49.2 Å². The van der Waals surface area contributed by atoms with Gasteiger partial charge in [-0.25, -0.2) is 9.97 Å². The Morgan fingerprint density at radius 3 is 1.71 bits per heavy atom. The molecule has 0 saturated heterocycles. The van der Waals surface area contributed by atoms with Crippen LogP contribution in [0.1, 0.15) is 0 Å². The van der Waals surface area contributed by atoms with E-state index in [1.807, 2.05) is 24.3 Å². The fourth-order valence-electron chi connectivity index (χ4n) is 4.62. The van der Waals surface area contributed by atoms with Crippen LogP contribution in [-0.4, -0.2) is 9.97 Å². The monoisotopic (exact) mass is 396 g/mol. The zero-order valence-corrected chi connectivity index (χ0v) is 16.5. The SMILES string of the molecule is c1ccc2c(c1)ccc1c(-c3nc4ccccc4o3)c3ccc4ccccc4c3nc12. The summed E-state index contributed by atoms with van der Waals surface area (Å²) >= 11 is 0. The van der Waals surface area contributed by atoms with Crippen LogP contribution in [0.15, 0.2) is 101 Å². The molecule has 0 N–H and O–H groups in total. The van der Waals surface area contributed by atoms with Gasteiger partial charge in [0, 0.05) is 21.5 Å². The molecule has 0 amide bonds. The van der Waals surface area contributed by atoms with Gasteiger partial charge in [-0.2, -0.15) is 0 Å². The molecule has 0 bridgehead atoms. The quantitative estimate of drug-likeness (QED) is 0.213. The van der Waals surface area contributed by atoms with Crippen LogP contribution in [0.4, 0.5) is 0 Å². The van der Waals surface area contributed by atoms with Crippen molar-refractivity contribution in [1.82, 2.24) is 9.97 Å². The van der Waals surface area contributed by atoms with Crippen molar-refractivity contribution < 1.29 is 4.42 Å². The summed E-state index contributed by atoms with van der Waals surface area (Å²) in [5.41, 5.74) is 4.58. The summed E-state index contributed by atoms with van der Waals surface area (Å²) in [6, 6.07) is 33.3. The van der Waals surface area contributed by atoms with Crippen molar-refractivity contribution in [2.45, 2.75) is 0 Å². The summed E-state index contributed by atoms with van der Waals surface area (Å²) in [7, 11) is 0. The molecule has 3 heteroatoms. The lowest BCUT2D eigenvalue weighted by Crippen LogP contribution is -1.92. The van der Waals surface area contributed by atoms with Crippen molar-refractivity contribution in [2.75, 3.05) is 0 Å². The maximum Gasteiger partial charge on any atom is 0.228 e. The van der Waals surface area contributed by atoms with Gasteiger partial charge in [0.1, 0.15) is 5.52 Å². The molecule has 0 atom stereocenters. The van der Waals surface area contributed by atoms with Crippen molar-refractivity contribution in [3.8, 4) is 11.5 Å². The fraction of sp³-hybridized carbons (Fsp3) is 0. The van der Waals surface area contributed by atoms with Gasteiger partial charge >= 0.3 is 0 Å². The largest absolute Gasteiger partial charge is 0.436 e. The van der Waals surface area contributed by atoms with Gasteiger partial charge in [-0.3, -0.25) is 0 Å². The van der Waals surface area contributed by atoms with E-state index in [2.05, 4.69) is 72.8 Å². The van der Waals surface area contributed by atoms with Crippen molar-refractivity contribution >= 4 is 54.5 Å². The highest BCUT2D eigenvalue weighted by atomic mass is 16.3. The van der Waals surface area contributed by atoms with Gasteiger partial charge in [-0.1, -0.05) is 84.9 Å². The van der Waals surface area contributed by atoms with Gasteiger partial charge < -0.3 is 4.42 Å². The van der Waals surface area contributed by atoms with Crippen LogP contribution >= 0.6 is 0 Å². The predicted octanol–water partition coefficient (Wildman–Crippen LogP) is 7.50. The topological polar surface area (TPSA) is 38.9 Å². The Morgan fingerprint density at radius 2 is 1.06 bits per heavy atom. The minimum Gasteiger partial charge on any atom is -0.436 e. The lowest BCUT2D eigenvalue weighted by molar-refractivity contribution is 0.621. The summed E-state index contributed by atoms with van der Waals surface area (Å²) in [4.78, 5) is 10.1. The third kappa shape index (κ3) is 2.34. The molecule has 0 radical (unpaired) electrons. The number of aromatic nitrogens is 2. The molecule has 31 heavy (non-hydrogen) atoms. The van der Waals surface area contributed by atoms with Crippen molar-refractivity contribution in [1.29, 1.82) is 0 Å². The molecule has 5 aromatic carbocycles. The minimum atomic E-state index is 0.629. The molecule has 7 aromatic rings. The molecule has 144 valence electrons. The Balaban J connectivity index is 1.74. The zero-order valence-electron chi connectivity index (χ0n) is 16.5. The van der Waals surface area contributed by atoms with Gasteiger partial charge in [-0.05, 0) is 22.9 Å². The van der Waals surface area contributed by atoms with E-state index in [-0.39, 0.29) is 0 Å². The molecular weight excluding hydrogens is 380 g/mol. The van der Waals surface area contributed by atoms with Gasteiger partial charge in [0.2, 0.25) is 5.89 Å². The molecular formula is C28H16N2O. The molecule has 0 unspecified atom stereocenters. The number of fused-ring (bicyclic) bond motifs is 7. The van der Waals surface area contributed by atoms with Crippen molar-refractivity contribution in [2.24, 2.45) is 0 Å². The highest BCUT2D eigenvalue weighted by Gasteiger charge is 2.19. The number of benzene rings is 5.